The first-order chi connectivity index (χ1) is 16.2. The number of ether oxygens (including phenoxy) is 1. The Morgan fingerprint density at radius 1 is 1.09 bits per heavy atom. The average Bonchev–Trinajstić information content (AvgIpc) is 3.42. The van der Waals surface area contributed by atoms with E-state index in [0.29, 0.717) is 43.9 Å². The molecule has 0 saturated carbocycles. The average molecular weight is 484 g/mol. The van der Waals surface area contributed by atoms with Gasteiger partial charge < -0.3 is 14.3 Å². The van der Waals surface area contributed by atoms with Crippen LogP contribution in [0.1, 0.15) is 51.7 Å². The van der Waals surface area contributed by atoms with Gasteiger partial charge >= 0.3 is 5.97 Å². The van der Waals surface area contributed by atoms with Crippen LogP contribution in [0.25, 0.3) is 0 Å². The molecule has 0 aliphatic heterocycles. The van der Waals surface area contributed by atoms with Crippen LogP contribution in [0.4, 0.5) is 0 Å². The Kier molecular flexibility index (Phi) is 6.81. The fraction of sp³-hybridized carbons (Fsp3) is 0.346. The predicted molar refractivity (Wildman–Crippen MR) is 128 cm³/mol. The van der Waals surface area contributed by atoms with E-state index >= 15 is 0 Å². The lowest BCUT2D eigenvalue weighted by Gasteiger charge is -2.26. The summed E-state index contributed by atoms with van der Waals surface area (Å²) in [5, 5.41) is 9.12. The van der Waals surface area contributed by atoms with Crippen molar-refractivity contribution in [2.75, 3.05) is 6.54 Å². The molecule has 0 amide bonds. The van der Waals surface area contributed by atoms with E-state index in [-0.39, 0.29) is 16.7 Å². The van der Waals surface area contributed by atoms with E-state index in [1.165, 1.54) is 6.07 Å². The Morgan fingerprint density at radius 2 is 1.85 bits per heavy atom. The van der Waals surface area contributed by atoms with E-state index in [1.807, 2.05) is 32.0 Å². The second-order valence-corrected chi connectivity index (χ2v) is 10.5. The Bertz CT molecular complexity index is 1310. The summed E-state index contributed by atoms with van der Waals surface area (Å²) in [5.74, 6) is 0.317. The van der Waals surface area contributed by atoms with E-state index in [4.69, 9.17) is 14.3 Å². The van der Waals surface area contributed by atoms with Crippen LogP contribution in [-0.2, 0) is 29.5 Å². The van der Waals surface area contributed by atoms with Gasteiger partial charge in [-0.1, -0.05) is 19.1 Å². The van der Waals surface area contributed by atoms with Crippen LogP contribution in [0.15, 0.2) is 58.0 Å². The number of benzene rings is 2. The molecule has 0 fully saturated rings. The molecule has 4 rings (SSSR count). The zero-order valence-corrected chi connectivity index (χ0v) is 20.4. The second-order valence-electron chi connectivity index (χ2n) is 8.71. The summed E-state index contributed by atoms with van der Waals surface area (Å²) in [6.07, 6.45) is 1.96. The molecule has 7 nitrogen and oxygen atoms in total. The molecule has 0 spiro atoms. The Balaban J connectivity index is 1.48. The molecule has 8 heteroatoms. The largest absolute Gasteiger partial charge is 0.489 e. The quantitative estimate of drug-likeness (QED) is 0.472. The highest BCUT2D eigenvalue weighted by atomic mass is 32.2. The summed E-state index contributed by atoms with van der Waals surface area (Å²) in [5.41, 5.74) is 4.21. The van der Waals surface area contributed by atoms with Gasteiger partial charge in [0.15, 0.2) is 0 Å². The van der Waals surface area contributed by atoms with Crippen LogP contribution in [-0.4, -0.2) is 36.4 Å². The molecule has 1 N–H and O–H groups in total. The standard InChI is InChI=1S/C26H29NO6S/c1-4-11-27(34(30,31)25-10-5-18(3)33-25)23-13-19-8-9-24(15-22(19)14-23)32-16-21-7-6-20(26(28)29)12-17(21)2/h5-10,12,15,23H,4,11,13-14,16H2,1-3H3,(H,28,29). The normalized spacial score (nSPS) is 15.5. The number of furan rings is 1. The van der Waals surface area contributed by atoms with Gasteiger partial charge in [0.25, 0.3) is 10.0 Å². The number of carboxylic acid groups (broad SMARTS) is 1. The van der Waals surface area contributed by atoms with Crippen LogP contribution in [0.5, 0.6) is 5.75 Å². The van der Waals surface area contributed by atoms with Crippen molar-refractivity contribution in [3.8, 4) is 5.75 Å². The maximum atomic E-state index is 13.3. The molecule has 1 aromatic heterocycles. The van der Waals surface area contributed by atoms with E-state index in [0.717, 1.165) is 22.3 Å². The van der Waals surface area contributed by atoms with E-state index in [1.54, 1.807) is 35.5 Å². The number of aromatic carboxylic acids is 1. The number of carbonyl (C=O) groups is 1. The molecule has 0 saturated heterocycles. The zero-order valence-electron chi connectivity index (χ0n) is 19.6. The van der Waals surface area contributed by atoms with Crippen molar-refractivity contribution in [2.45, 2.75) is 57.8 Å². The van der Waals surface area contributed by atoms with Crippen molar-refractivity contribution in [1.29, 1.82) is 0 Å². The number of rotatable bonds is 9. The maximum absolute atomic E-state index is 13.3. The molecule has 34 heavy (non-hydrogen) atoms. The Morgan fingerprint density at radius 3 is 2.50 bits per heavy atom. The summed E-state index contributed by atoms with van der Waals surface area (Å²) >= 11 is 0. The molecule has 1 unspecified atom stereocenters. The number of carboxylic acids is 1. The highest BCUT2D eigenvalue weighted by Crippen LogP contribution is 2.32. The zero-order chi connectivity index (χ0) is 24.5. The first-order valence-electron chi connectivity index (χ1n) is 11.3. The smallest absolute Gasteiger partial charge is 0.335 e. The third kappa shape index (κ3) is 4.88. The SMILES string of the molecule is CCCN(C1Cc2ccc(OCc3ccc(C(=O)O)cc3C)cc2C1)S(=O)(=O)c1ccc(C)o1. The minimum atomic E-state index is -3.72. The topological polar surface area (TPSA) is 97.0 Å². The van der Waals surface area contributed by atoms with E-state index in [2.05, 4.69) is 0 Å². The fourth-order valence-electron chi connectivity index (χ4n) is 4.40. The number of sulfonamides is 1. The number of fused-ring (bicyclic) bond motifs is 1. The van der Waals surface area contributed by atoms with Gasteiger partial charge in [-0.25, -0.2) is 13.2 Å². The highest BCUT2D eigenvalue weighted by Gasteiger charge is 2.36. The lowest BCUT2D eigenvalue weighted by atomic mass is 10.1. The second kappa shape index (κ2) is 9.64. The molecule has 1 aliphatic rings. The van der Waals surface area contributed by atoms with Gasteiger partial charge in [-0.3, -0.25) is 0 Å². The predicted octanol–water partition coefficient (Wildman–Crippen LogP) is 4.74. The van der Waals surface area contributed by atoms with Crippen molar-refractivity contribution in [3.63, 3.8) is 0 Å². The molecule has 3 aromatic rings. The van der Waals surface area contributed by atoms with Gasteiger partial charge in [-0.2, -0.15) is 4.31 Å². The van der Waals surface area contributed by atoms with Crippen molar-refractivity contribution in [3.05, 3.63) is 82.1 Å². The van der Waals surface area contributed by atoms with Gasteiger partial charge in [-0.05, 0) is 91.8 Å². The van der Waals surface area contributed by atoms with Crippen LogP contribution >= 0.6 is 0 Å². The summed E-state index contributed by atoms with van der Waals surface area (Å²) in [6, 6.07) is 13.9. The number of nitrogens with zero attached hydrogens (tertiary/aromatic N) is 1. The first kappa shape index (κ1) is 24.0. The molecule has 1 atom stereocenters. The monoisotopic (exact) mass is 483 g/mol. The molecule has 1 heterocycles. The van der Waals surface area contributed by atoms with Gasteiger partial charge in [0.2, 0.25) is 5.09 Å². The molecule has 0 bridgehead atoms. The molecule has 1 aliphatic carbocycles. The van der Waals surface area contributed by atoms with Crippen molar-refractivity contribution >= 4 is 16.0 Å². The van der Waals surface area contributed by atoms with Crippen LogP contribution in [0, 0.1) is 13.8 Å². The summed E-state index contributed by atoms with van der Waals surface area (Å²) in [7, 11) is -3.72. The first-order valence-corrected chi connectivity index (χ1v) is 12.8. The number of hydrogen-bond acceptors (Lipinski definition) is 5. The lowest BCUT2D eigenvalue weighted by molar-refractivity contribution is 0.0696. The third-order valence-corrected chi connectivity index (χ3v) is 8.03. The van der Waals surface area contributed by atoms with Crippen LogP contribution in [0.2, 0.25) is 0 Å². The molecule has 180 valence electrons. The number of hydrogen-bond donors (Lipinski definition) is 1. The molecule has 0 radical (unpaired) electrons. The van der Waals surface area contributed by atoms with Crippen molar-refractivity contribution in [2.24, 2.45) is 0 Å². The van der Waals surface area contributed by atoms with Crippen molar-refractivity contribution < 1.29 is 27.5 Å². The summed E-state index contributed by atoms with van der Waals surface area (Å²) in [6.45, 7) is 6.31. The lowest BCUT2D eigenvalue weighted by Crippen LogP contribution is -2.41. The number of aryl methyl sites for hydroxylation is 2. The highest BCUT2D eigenvalue weighted by molar-refractivity contribution is 7.89. The Labute approximate surface area is 200 Å². The van der Waals surface area contributed by atoms with Crippen LogP contribution < -0.4 is 4.74 Å². The molecular formula is C26H29NO6S. The van der Waals surface area contributed by atoms with E-state index < -0.39 is 16.0 Å². The third-order valence-electron chi connectivity index (χ3n) is 6.20. The van der Waals surface area contributed by atoms with Crippen LogP contribution in [0.3, 0.4) is 0 Å². The van der Waals surface area contributed by atoms with Gasteiger partial charge in [0.05, 0.1) is 5.56 Å². The minimum Gasteiger partial charge on any atom is -0.489 e. The summed E-state index contributed by atoms with van der Waals surface area (Å²) < 4.78 is 39.5. The van der Waals surface area contributed by atoms with Gasteiger partial charge in [0, 0.05) is 12.6 Å². The van der Waals surface area contributed by atoms with Gasteiger partial charge in [-0.15, -0.1) is 0 Å². The molecule has 2 aromatic carbocycles. The summed E-state index contributed by atoms with van der Waals surface area (Å²) in [4.78, 5) is 11.1. The van der Waals surface area contributed by atoms with Crippen molar-refractivity contribution in [1.82, 2.24) is 4.31 Å². The van der Waals surface area contributed by atoms with E-state index in [9.17, 15) is 13.2 Å². The Hall–Kier alpha value is -3.10. The molecular weight excluding hydrogens is 454 g/mol. The van der Waals surface area contributed by atoms with Gasteiger partial charge in [0.1, 0.15) is 18.1 Å². The fourth-order valence-corrected chi connectivity index (χ4v) is 6.07. The minimum absolute atomic E-state index is 0.0114. The maximum Gasteiger partial charge on any atom is 0.335 e.